The molecule has 9 nitrogen and oxygen atoms in total. The number of carbonyl (C=O) groups excluding carboxylic acids is 1. The van der Waals surface area contributed by atoms with Crippen LogP contribution in [0, 0.1) is 11.7 Å². The SMILES string of the molecule is C=CC(=O)N1C[C@H](C)N(c2nc(=O)n(C3=C(C)C=CNC3(C)C(C)C)c3nc(-c4c(N)cccc4F)c(Cl)cc23)C[C@H]1C. The van der Waals surface area contributed by atoms with Gasteiger partial charge in [-0.1, -0.05) is 38.1 Å². The van der Waals surface area contributed by atoms with Crippen LogP contribution >= 0.6 is 11.6 Å². The van der Waals surface area contributed by atoms with Gasteiger partial charge in [-0.25, -0.2) is 18.7 Å². The number of piperazine rings is 1. The van der Waals surface area contributed by atoms with Crippen molar-refractivity contribution in [3.63, 3.8) is 0 Å². The fourth-order valence-corrected chi connectivity index (χ4v) is 6.33. The van der Waals surface area contributed by atoms with Crippen LogP contribution in [-0.2, 0) is 4.79 Å². The number of nitrogen functional groups attached to an aromatic ring is 1. The van der Waals surface area contributed by atoms with Crippen LogP contribution in [0.3, 0.4) is 0 Å². The van der Waals surface area contributed by atoms with E-state index in [-0.39, 0.29) is 51.5 Å². The lowest BCUT2D eigenvalue weighted by molar-refractivity contribution is -0.128. The summed E-state index contributed by atoms with van der Waals surface area (Å²) < 4.78 is 16.7. The van der Waals surface area contributed by atoms with Crippen molar-refractivity contribution >= 4 is 45.7 Å². The molecule has 1 fully saturated rings. The molecule has 43 heavy (non-hydrogen) atoms. The van der Waals surface area contributed by atoms with E-state index in [1.165, 1.54) is 22.8 Å². The predicted octanol–water partition coefficient (Wildman–Crippen LogP) is 5.21. The van der Waals surface area contributed by atoms with Crippen molar-refractivity contribution < 1.29 is 9.18 Å². The van der Waals surface area contributed by atoms with Crippen LogP contribution in [0.25, 0.3) is 28.0 Å². The number of benzene rings is 1. The van der Waals surface area contributed by atoms with Gasteiger partial charge in [0.25, 0.3) is 0 Å². The molecule has 1 amide bonds. The van der Waals surface area contributed by atoms with Crippen molar-refractivity contribution in [1.82, 2.24) is 24.8 Å². The van der Waals surface area contributed by atoms with Gasteiger partial charge in [0.05, 0.1) is 32.9 Å². The number of aromatic nitrogens is 3. The maximum atomic E-state index is 15.2. The van der Waals surface area contributed by atoms with Crippen molar-refractivity contribution in [3.05, 3.63) is 76.1 Å². The average molecular weight is 606 g/mol. The van der Waals surface area contributed by atoms with E-state index in [0.717, 1.165) is 5.57 Å². The third kappa shape index (κ3) is 4.97. The second-order valence-electron chi connectivity index (χ2n) is 11.9. The fourth-order valence-electron chi connectivity index (χ4n) is 6.08. The molecule has 4 heterocycles. The van der Waals surface area contributed by atoms with Crippen LogP contribution in [0.1, 0.15) is 41.5 Å². The van der Waals surface area contributed by atoms with Crippen molar-refractivity contribution in [1.29, 1.82) is 0 Å². The largest absolute Gasteiger partial charge is 0.398 e. The van der Waals surface area contributed by atoms with Gasteiger partial charge in [-0.05, 0) is 75.7 Å². The Labute approximate surface area is 255 Å². The Bertz CT molecular complexity index is 1740. The molecule has 1 unspecified atom stereocenters. The molecule has 0 saturated carbocycles. The zero-order valence-corrected chi connectivity index (χ0v) is 26.0. The number of rotatable bonds is 5. The van der Waals surface area contributed by atoms with Crippen LogP contribution < -0.4 is 21.6 Å². The molecule has 0 bridgehead atoms. The van der Waals surface area contributed by atoms with Crippen molar-refractivity contribution in [2.45, 2.75) is 59.2 Å². The first kappa shape index (κ1) is 30.3. The molecule has 1 aromatic carbocycles. The number of nitrogens with zero attached hydrogens (tertiary/aromatic N) is 5. The summed E-state index contributed by atoms with van der Waals surface area (Å²) in [4.78, 5) is 40.0. The summed E-state index contributed by atoms with van der Waals surface area (Å²) in [7, 11) is 0. The maximum Gasteiger partial charge on any atom is 0.355 e. The fraction of sp³-hybridized carbons (Fsp3) is 0.375. The van der Waals surface area contributed by atoms with Crippen LogP contribution in [-0.4, -0.2) is 56.1 Å². The molecule has 5 rings (SSSR count). The minimum atomic E-state index is -0.657. The number of hydrogen-bond donors (Lipinski definition) is 2. The number of amides is 1. The monoisotopic (exact) mass is 605 g/mol. The maximum absolute atomic E-state index is 15.2. The summed E-state index contributed by atoms with van der Waals surface area (Å²) in [6.07, 6.45) is 5.08. The smallest absolute Gasteiger partial charge is 0.355 e. The topological polar surface area (TPSA) is 109 Å². The van der Waals surface area contributed by atoms with E-state index in [0.29, 0.717) is 30.0 Å². The Morgan fingerprint density at radius 1 is 1.26 bits per heavy atom. The molecular formula is C32H37ClFN7O2. The number of pyridine rings is 1. The summed E-state index contributed by atoms with van der Waals surface area (Å²) >= 11 is 6.84. The van der Waals surface area contributed by atoms with Gasteiger partial charge in [-0.3, -0.25) is 4.79 Å². The summed E-state index contributed by atoms with van der Waals surface area (Å²) in [5, 5.41) is 4.12. The number of hydrogen-bond acceptors (Lipinski definition) is 7. The van der Waals surface area contributed by atoms with E-state index in [1.54, 1.807) is 17.0 Å². The second kappa shape index (κ2) is 11.1. The number of anilines is 2. The number of carbonyl (C=O) groups is 1. The van der Waals surface area contributed by atoms with Gasteiger partial charge in [0, 0.05) is 30.9 Å². The minimum absolute atomic E-state index is 0.0595. The number of nitrogens with two attached hydrogens (primary N) is 1. The van der Waals surface area contributed by atoms with Crippen LogP contribution in [0.5, 0.6) is 0 Å². The molecule has 11 heteroatoms. The minimum Gasteiger partial charge on any atom is -0.398 e. The van der Waals surface area contributed by atoms with Gasteiger partial charge in [-0.2, -0.15) is 4.98 Å². The number of halogens is 2. The summed E-state index contributed by atoms with van der Waals surface area (Å²) in [5.41, 5.74) is 7.20. The zero-order valence-electron chi connectivity index (χ0n) is 25.3. The number of fused-ring (bicyclic) bond motifs is 1. The van der Waals surface area contributed by atoms with E-state index >= 15 is 4.39 Å². The second-order valence-corrected chi connectivity index (χ2v) is 12.3. The molecule has 3 atom stereocenters. The lowest BCUT2D eigenvalue weighted by Gasteiger charge is -2.45. The molecule has 0 aliphatic carbocycles. The third-order valence-electron chi connectivity index (χ3n) is 8.76. The van der Waals surface area contributed by atoms with Crippen molar-refractivity contribution in [2.24, 2.45) is 5.92 Å². The van der Waals surface area contributed by atoms with Gasteiger partial charge in [-0.15, -0.1) is 0 Å². The van der Waals surface area contributed by atoms with Crippen LogP contribution in [0.2, 0.25) is 5.02 Å². The van der Waals surface area contributed by atoms with E-state index < -0.39 is 17.0 Å². The Balaban J connectivity index is 1.84. The Kier molecular flexibility index (Phi) is 7.85. The number of dihydropyridines is 1. The van der Waals surface area contributed by atoms with Gasteiger partial charge < -0.3 is 20.9 Å². The van der Waals surface area contributed by atoms with E-state index in [4.69, 9.17) is 22.3 Å². The number of nitrogens with one attached hydrogen (secondary N) is 1. The Hall–Kier alpha value is -4.18. The zero-order chi connectivity index (χ0) is 31.4. The molecule has 0 radical (unpaired) electrons. The molecular weight excluding hydrogens is 569 g/mol. The highest BCUT2D eigenvalue weighted by Gasteiger charge is 2.39. The van der Waals surface area contributed by atoms with E-state index in [1.807, 2.05) is 44.9 Å². The highest BCUT2D eigenvalue weighted by molar-refractivity contribution is 6.34. The molecule has 2 aliphatic rings. The lowest BCUT2D eigenvalue weighted by Crippen LogP contribution is -2.58. The van der Waals surface area contributed by atoms with Gasteiger partial charge in [0.1, 0.15) is 11.6 Å². The molecule has 2 aliphatic heterocycles. The normalized spacial score (nSPS) is 22.3. The molecule has 3 N–H and O–H groups in total. The first-order valence-corrected chi connectivity index (χ1v) is 14.7. The quantitative estimate of drug-likeness (QED) is 0.304. The first-order valence-electron chi connectivity index (χ1n) is 14.3. The van der Waals surface area contributed by atoms with E-state index in [2.05, 4.69) is 30.7 Å². The van der Waals surface area contributed by atoms with Crippen LogP contribution in [0.4, 0.5) is 15.9 Å². The van der Waals surface area contributed by atoms with E-state index in [9.17, 15) is 9.59 Å². The highest BCUT2D eigenvalue weighted by atomic mass is 35.5. The molecule has 226 valence electrons. The lowest BCUT2D eigenvalue weighted by atomic mass is 9.81. The molecule has 3 aromatic rings. The highest BCUT2D eigenvalue weighted by Crippen LogP contribution is 2.40. The van der Waals surface area contributed by atoms with Crippen molar-refractivity contribution in [3.8, 4) is 11.3 Å². The molecule has 1 saturated heterocycles. The molecule has 2 aromatic heterocycles. The van der Waals surface area contributed by atoms with Crippen LogP contribution in [0.15, 0.2) is 59.6 Å². The van der Waals surface area contributed by atoms with Gasteiger partial charge in [0.2, 0.25) is 5.91 Å². The number of allylic oxidation sites excluding steroid dienone is 2. The van der Waals surface area contributed by atoms with Gasteiger partial charge in [0.15, 0.2) is 5.65 Å². The van der Waals surface area contributed by atoms with Crippen molar-refractivity contribution in [2.75, 3.05) is 23.7 Å². The average Bonchev–Trinajstić information content (AvgIpc) is 2.94. The summed E-state index contributed by atoms with van der Waals surface area (Å²) in [6.45, 7) is 16.5. The Morgan fingerprint density at radius 2 is 1.98 bits per heavy atom. The molecule has 0 spiro atoms. The third-order valence-corrected chi connectivity index (χ3v) is 9.05. The van der Waals surface area contributed by atoms with Gasteiger partial charge >= 0.3 is 5.69 Å². The summed E-state index contributed by atoms with van der Waals surface area (Å²) in [6, 6.07) is 5.71. The first-order chi connectivity index (χ1) is 20.3. The predicted molar refractivity (Wildman–Crippen MR) is 171 cm³/mol. The standard InChI is InChI=1S/C32H37ClFN7O2/c1-8-25(42)39-15-20(6)40(16-19(39)5)29-21-14-22(33)27(26-23(34)10-9-11-24(26)35)37-30(21)41(31(43)38-29)28-18(4)12-13-36-32(28,7)17(2)3/h8-14,17,19-20,36H,1,15-16,35H2,2-7H3/t19-,20+,32?/m1/s1. The Morgan fingerprint density at radius 3 is 2.63 bits per heavy atom. The summed E-state index contributed by atoms with van der Waals surface area (Å²) in [5.74, 6) is -0.272.